The molecule has 0 heterocycles. The van der Waals surface area contributed by atoms with Crippen molar-refractivity contribution in [1.82, 2.24) is 0 Å². The van der Waals surface area contributed by atoms with Gasteiger partial charge in [0.2, 0.25) is 0 Å². The highest BCUT2D eigenvalue weighted by atomic mass is 35.5. The summed E-state index contributed by atoms with van der Waals surface area (Å²) in [5.41, 5.74) is 0. The van der Waals surface area contributed by atoms with Crippen molar-refractivity contribution in [2.45, 2.75) is 32.6 Å². The molecule has 0 saturated carbocycles. The van der Waals surface area contributed by atoms with Gasteiger partial charge >= 0.3 is 0 Å². The van der Waals surface area contributed by atoms with E-state index in [1.54, 1.807) is 12.1 Å². The van der Waals surface area contributed by atoms with Gasteiger partial charge in [0.25, 0.3) is 0 Å². The molecule has 0 spiro atoms. The number of benzene rings is 1. The summed E-state index contributed by atoms with van der Waals surface area (Å²) in [6.07, 6.45) is 4.82. The van der Waals surface area contributed by atoms with Crippen LogP contribution < -0.4 is 4.74 Å². The van der Waals surface area contributed by atoms with Crippen LogP contribution in [0.4, 0.5) is 0 Å². The van der Waals surface area contributed by atoms with Crippen molar-refractivity contribution in [3.05, 3.63) is 28.2 Å². The van der Waals surface area contributed by atoms with Gasteiger partial charge in [-0.3, -0.25) is 0 Å². The lowest BCUT2D eigenvalue weighted by Crippen LogP contribution is -1.96. The summed E-state index contributed by atoms with van der Waals surface area (Å²) < 4.78 is 5.55. The lowest BCUT2D eigenvalue weighted by Gasteiger charge is -2.06. The Kier molecular flexibility index (Phi) is 5.89. The normalized spacial score (nSPS) is 10.3. The molecular formula is C12H16Cl2O. The summed E-state index contributed by atoms with van der Waals surface area (Å²) in [6.45, 7) is 2.94. The van der Waals surface area contributed by atoms with E-state index in [9.17, 15) is 0 Å². The van der Waals surface area contributed by atoms with Crippen LogP contribution in [0.5, 0.6) is 5.75 Å². The van der Waals surface area contributed by atoms with Gasteiger partial charge in [0.05, 0.1) is 16.7 Å². The molecule has 1 rings (SSSR count). The van der Waals surface area contributed by atoms with Crippen molar-refractivity contribution >= 4 is 23.2 Å². The number of rotatable bonds is 6. The average Bonchev–Trinajstić information content (AvgIpc) is 2.23. The molecule has 1 aromatic carbocycles. The summed E-state index contributed by atoms with van der Waals surface area (Å²) in [6, 6.07) is 5.35. The molecule has 0 unspecified atom stereocenters. The van der Waals surface area contributed by atoms with Crippen LogP contribution in [-0.2, 0) is 0 Å². The largest absolute Gasteiger partial charge is 0.494 e. The molecule has 0 amide bonds. The third kappa shape index (κ3) is 4.76. The fraction of sp³-hybridized carbons (Fsp3) is 0.500. The SMILES string of the molecule is CCCCCCOc1ccc(Cl)c(Cl)c1. The van der Waals surface area contributed by atoms with E-state index in [1.165, 1.54) is 19.3 Å². The molecule has 1 nitrogen and oxygen atoms in total. The molecule has 0 aromatic heterocycles. The van der Waals surface area contributed by atoms with Gasteiger partial charge in [-0.15, -0.1) is 0 Å². The molecule has 3 heteroatoms. The van der Waals surface area contributed by atoms with Crippen LogP contribution in [0.1, 0.15) is 32.6 Å². The van der Waals surface area contributed by atoms with Crippen LogP contribution in [0.2, 0.25) is 10.0 Å². The van der Waals surface area contributed by atoms with Gasteiger partial charge in [0.1, 0.15) is 5.75 Å². The van der Waals surface area contributed by atoms with E-state index >= 15 is 0 Å². The Hall–Kier alpha value is -0.400. The van der Waals surface area contributed by atoms with E-state index in [4.69, 9.17) is 27.9 Å². The van der Waals surface area contributed by atoms with E-state index in [-0.39, 0.29) is 0 Å². The lowest BCUT2D eigenvalue weighted by molar-refractivity contribution is 0.305. The molecule has 0 radical (unpaired) electrons. The number of halogens is 2. The van der Waals surface area contributed by atoms with Crippen LogP contribution in [0.3, 0.4) is 0 Å². The molecule has 0 aliphatic carbocycles. The fourth-order valence-corrected chi connectivity index (χ4v) is 1.57. The summed E-state index contributed by atoms with van der Waals surface area (Å²) in [5, 5.41) is 1.11. The second kappa shape index (κ2) is 6.97. The van der Waals surface area contributed by atoms with Crippen LogP contribution in [0, 0.1) is 0 Å². The molecule has 15 heavy (non-hydrogen) atoms. The fourth-order valence-electron chi connectivity index (χ4n) is 1.29. The highest BCUT2D eigenvalue weighted by molar-refractivity contribution is 6.42. The smallest absolute Gasteiger partial charge is 0.120 e. The molecule has 1 aromatic rings. The predicted octanol–water partition coefficient (Wildman–Crippen LogP) is 4.95. The average molecular weight is 247 g/mol. The number of ether oxygens (including phenoxy) is 1. The highest BCUT2D eigenvalue weighted by Crippen LogP contribution is 2.26. The summed E-state index contributed by atoms with van der Waals surface area (Å²) >= 11 is 11.7. The number of hydrogen-bond acceptors (Lipinski definition) is 1. The van der Waals surface area contributed by atoms with Crippen molar-refractivity contribution in [3.8, 4) is 5.75 Å². The Morgan fingerprint density at radius 2 is 1.87 bits per heavy atom. The van der Waals surface area contributed by atoms with Crippen molar-refractivity contribution in [2.75, 3.05) is 6.61 Å². The summed E-state index contributed by atoms with van der Waals surface area (Å²) in [7, 11) is 0. The minimum Gasteiger partial charge on any atom is -0.494 e. The molecule has 0 aliphatic heterocycles. The zero-order valence-corrected chi connectivity index (χ0v) is 10.4. The zero-order chi connectivity index (χ0) is 11.1. The van der Waals surface area contributed by atoms with E-state index in [2.05, 4.69) is 6.92 Å². The van der Waals surface area contributed by atoms with Gasteiger partial charge < -0.3 is 4.74 Å². The Labute approximate surface area is 101 Å². The monoisotopic (exact) mass is 246 g/mol. The summed E-state index contributed by atoms with van der Waals surface area (Å²) in [4.78, 5) is 0. The van der Waals surface area contributed by atoms with Crippen molar-refractivity contribution < 1.29 is 4.74 Å². The minimum absolute atomic E-state index is 0.544. The lowest BCUT2D eigenvalue weighted by atomic mass is 10.2. The first kappa shape index (κ1) is 12.7. The molecule has 0 saturated heterocycles. The molecule has 0 atom stereocenters. The van der Waals surface area contributed by atoms with Crippen LogP contribution >= 0.6 is 23.2 Å². The van der Waals surface area contributed by atoms with Crippen LogP contribution in [-0.4, -0.2) is 6.61 Å². The quantitative estimate of drug-likeness (QED) is 0.646. The molecule has 84 valence electrons. The Morgan fingerprint density at radius 3 is 2.53 bits per heavy atom. The van der Waals surface area contributed by atoms with E-state index in [1.807, 2.05) is 6.07 Å². The third-order valence-electron chi connectivity index (χ3n) is 2.16. The van der Waals surface area contributed by atoms with Gasteiger partial charge in [0.15, 0.2) is 0 Å². The maximum absolute atomic E-state index is 5.86. The van der Waals surface area contributed by atoms with Crippen molar-refractivity contribution in [1.29, 1.82) is 0 Å². The molecule has 0 N–H and O–H groups in total. The zero-order valence-electron chi connectivity index (χ0n) is 8.93. The first-order chi connectivity index (χ1) is 7.24. The van der Waals surface area contributed by atoms with Crippen LogP contribution in [0.25, 0.3) is 0 Å². The topological polar surface area (TPSA) is 9.23 Å². The van der Waals surface area contributed by atoms with Gasteiger partial charge in [-0.05, 0) is 18.6 Å². The van der Waals surface area contributed by atoms with E-state index in [0.29, 0.717) is 10.0 Å². The van der Waals surface area contributed by atoms with Crippen molar-refractivity contribution in [3.63, 3.8) is 0 Å². The van der Waals surface area contributed by atoms with Crippen molar-refractivity contribution in [2.24, 2.45) is 0 Å². The maximum atomic E-state index is 5.86. The van der Waals surface area contributed by atoms with Gasteiger partial charge in [-0.2, -0.15) is 0 Å². The summed E-state index contributed by atoms with van der Waals surface area (Å²) in [5.74, 6) is 0.792. The van der Waals surface area contributed by atoms with Crippen LogP contribution in [0.15, 0.2) is 18.2 Å². The Morgan fingerprint density at radius 1 is 1.07 bits per heavy atom. The predicted molar refractivity (Wildman–Crippen MR) is 66.1 cm³/mol. The first-order valence-electron chi connectivity index (χ1n) is 5.32. The van der Waals surface area contributed by atoms with Gasteiger partial charge in [0, 0.05) is 6.07 Å². The van der Waals surface area contributed by atoms with E-state index < -0.39 is 0 Å². The second-order valence-electron chi connectivity index (χ2n) is 3.49. The molecule has 0 aliphatic rings. The number of hydrogen-bond donors (Lipinski definition) is 0. The maximum Gasteiger partial charge on any atom is 0.120 e. The molecular weight excluding hydrogens is 231 g/mol. The Balaban J connectivity index is 2.28. The third-order valence-corrected chi connectivity index (χ3v) is 2.90. The second-order valence-corrected chi connectivity index (χ2v) is 4.30. The van der Waals surface area contributed by atoms with Gasteiger partial charge in [-0.1, -0.05) is 49.4 Å². The minimum atomic E-state index is 0.544. The van der Waals surface area contributed by atoms with E-state index in [0.717, 1.165) is 18.8 Å². The Bertz CT molecular complexity index is 300. The number of unbranched alkanes of at least 4 members (excludes halogenated alkanes) is 3. The van der Waals surface area contributed by atoms with Gasteiger partial charge in [-0.25, -0.2) is 0 Å². The first-order valence-corrected chi connectivity index (χ1v) is 6.07. The standard InChI is InChI=1S/C12H16Cl2O/c1-2-3-4-5-8-15-10-6-7-11(13)12(14)9-10/h6-7,9H,2-5,8H2,1H3. The molecule has 0 bridgehead atoms. The highest BCUT2D eigenvalue weighted by Gasteiger charge is 1.99. The molecule has 0 fully saturated rings.